The minimum atomic E-state index is -0.222. The first-order valence-electron chi connectivity index (χ1n) is 7.58. The van der Waals surface area contributed by atoms with E-state index in [1.54, 1.807) is 23.9 Å². The van der Waals surface area contributed by atoms with Gasteiger partial charge in [0.1, 0.15) is 0 Å². The second-order valence-electron chi connectivity index (χ2n) is 5.48. The molecule has 1 aromatic carbocycles. The number of hydrogen-bond donors (Lipinski definition) is 2. The Kier molecular flexibility index (Phi) is 5.25. The summed E-state index contributed by atoms with van der Waals surface area (Å²) in [5.74, 6) is -0.222. The van der Waals surface area contributed by atoms with Crippen LogP contribution in [0.25, 0.3) is 0 Å². The van der Waals surface area contributed by atoms with Crippen LogP contribution in [0.4, 0.5) is 5.69 Å². The van der Waals surface area contributed by atoms with Gasteiger partial charge in [-0.1, -0.05) is 11.6 Å². The van der Waals surface area contributed by atoms with Crippen LogP contribution >= 0.6 is 23.4 Å². The van der Waals surface area contributed by atoms with E-state index in [9.17, 15) is 4.79 Å². The summed E-state index contributed by atoms with van der Waals surface area (Å²) in [6, 6.07) is 7.57. The molecule has 23 heavy (non-hydrogen) atoms. The fourth-order valence-electron chi connectivity index (χ4n) is 2.66. The Hall–Kier alpha value is -1.50. The molecule has 0 aliphatic carbocycles. The lowest BCUT2D eigenvalue weighted by Crippen LogP contribution is -2.32. The first kappa shape index (κ1) is 16.4. The largest absolute Gasteiger partial charge is 0.321 e. The normalized spacial score (nSPS) is 17.9. The molecule has 0 spiro atoms. The van der Waals surface area contributed by atoms with E-state index in [0.29, 0.717) is 22.4 Å². The molecule has 1 saturated heterocycles. The summed E-state index contributed by atoms with van der Waals surface area (Å²) >= 11 is 7.74. The lowest BCUT2D eigenvalue weighted by Gasteiger charge is -2.22. The molecule has 1 unspecified atom stereocenters. The van der Waals surface area contributed by atoms with Crippen LogP contribution in [0.3, 0.4) is 0 Å². The Bertz CT molecular complexity index is 697. The van der Waals surface area contributed by atoms with Crippen LogP contribution in [0.2, 0.25) is 5.02 Å². The lowest BCUT2D eigenvalue weighted by molar-refractivity contribution is 0.102. The highest BCUT2D eigenvalue weighted by atomic mass is 35.5. The molecular formula is C16H19ClN4OS. The van der Waals surface area contributed by atoms with E-state index in [4.69, 9.17) is 11.6 Å². The van der Waals surface area contributed by atoms with Gasteiger partial charge in [-0.2, -0.15) is 5.10 Å². The fourth-order valence-corrected chi connectivity index (χ4v) is 3.53. The Balaban J connectivity index is 1.68. The zero-order valence-corrected chi connectivity index (χ0v) is 14.5. The molecular weight excluding hydrogens is 332 g/mol. The third-order valence-electron chi connectivity index (χ3n) is 3.90. The molecule has 5 nitrogen and oxygen atoms in total. The number of halogens is 1. The second-order valence-corrected chi connectivity index (χ2v) is 6.74. The van der Waals surface area contributed by atoms with Crippen molar-refractivity contribution in [1.29, 1.82) is 0 Å². The Morgan fingerprint density at radius 1 is 1.48 bits per heavy atom. The first-order chi connectivity index (χ1) is 11.2. The van der Waals surface area contributed by atoms with E-state index in [-0.39, 0.29) is 5.91 Å². The Morgan fingerprint density at radius 2 is 2.35 bits per heavy atom. The van der Waals surface area contributed by atoms with Crippen molar-refractivity contribution in [2.45, 2.75) is 23.8 Å². The van der Waals surface area contributed by atoms with E-state index in [1.807, 2.05) is 29.3 Å². The zero-order valence-electron chi connectivity index (χ0n) is 12.9. The molecule has 2 aromatic rings. The number of carbonyl (C=O) groups excluding carboxylic acids is 1. The summed E-state index contributed by atoms with van der Waals surface area (Å²) in [5, 5.41) is 11.2. The van der Waals surface area contributed by atoms with Gasteiger partial charge in [-0.3, -0.25) is 9.48 Å². The molecule has 2 heterocycles. The molecule has 1 aliphatic heterocycles. The van der Waals surface area contributed by atoms with Crippen LogP contribution in [0, 0.1) is 0 Å². The highest BCUT2D eigenvalue weighted by Crippen LogP contribution is 2.28. The number of aromatic nitrogens is 2. The van der Waals surface area contributed by atoms with Crippen molar-refractivity contribution in [3.05, 3.63) is 41.2 Å². The van der Waals surface area contributed by atoms with E-state index in [1.165, 1.54) is 0 Å². The molecule has 3 rings (SSSR count). The quantitative estimate of drug-likeness (QED) is 0.829. The van der Waals surface area contributed by atoms with Crippen LogP contribution in [0.1, 0.15) is 29.4 Å². The summed E-state index contributed by atoms with van der Waals surface area (Å²) in [4.78, 5) is 13.3. The minimum Gasteiger partial charge on any atom is -0.321 e. The van der Waals surface area contributed by atoms with Gasteiger partial charge in [0, 0.05) is 23.3 Å². The van der Waals surface area contributed by atoms with E-state index in [0.717, 1.165) is 30.8 Å². The maximum absolute atomic E-state index is 12.3. The van der Waals surface area contributed by atoms with Crippen LogP contribution in [-0.2, 0) is 0 Å². The highest BCUT2D eigenvalue weighted by molar-refractivity contribution is 7.98. The number of hydrogen-bond acceptors (Lipinski definition) is 4. The summed E-state index contributed by atoms with van der Waals surface area (Å²) in [7, 11) is 0. The number of rotatable bonds is 4. The molecule has 1 aromatic heterocycles. The number of benzene rings is 1. The molecule has 0 radical (unpaired) electrons. The van der Waals surface area contributed by atoms with E-state index >= 15 is 0 Å². The van der Waals surface area contributed by atoms with Gasteiger partial charge < -0.3 is 10.6 Å². The van der Waals surface area contributed by atoms with Crippen LogP contribution < -0.4 is 10.6 Å². The van der Waals surface area contributed by atoms with Gasteiger partial charge in [0.2, 0.25) is 0 Å². The van der Waals surface area contributed by atoms with Gasteiger partial charge in [0.15, 0.2) is 5.69 Å². The van der Waals surface area contributed by atoms with Crippen molar-refractivity contribution >= 4 is 35.0 Å². The summed E-state index contributed by atoms with van der Waals surface area (Å²) in [5.41, 5.74) is 1.09. The average Bonchev–Trinajstić information content (AvgIpc) is 3.06. The zero-order chi connectivity index (χ0) is 16.2. The van der Waals surface area contributed by atoms with E-state index < -0.39 is 0 Å². The predicted octanol–water partition coefficient (Wildman–Crippen LogP) is 3.44. The van der Waals surface area contributed by atoms with Crippen LogP contribution in [-0.4, -0.2) is 35.0 Å². The molecule has 7 heteroatoms. The van der Waals surface area contributed by atoms with Crippen molar-refractivity contribution in [3.8, 4) is 0 Å². The second kappa shape index (κ2) is 7.38. The van der Waals surface area contributed by atoms with Crippen molar-refractivity contribution in [2.75, 3.05) is 24.7 Å². The van der Waals surface area contributed by atoms with Crippen molar-refractivity contribution in [3.63, 3.8) is 0 Å². The SMILES string of the molecule is CSc1ccc(NC(=O)c2ccn(C3CCCNC3)n2)cc1Cl. The Labute approximate surface area is 144 Å². The number of carbonyl (C=O) groups is 1. The number of piperidine rings is 1. The van der Waals surface area contributed by atoms with Gasteiger partial charge in [-0.05, 0) is 49.9 Å². The molecule has 2 N–H and O–H groups in total. The third kappa shape index (κ3) is 3.88. The first-order valence-corrected chi connectivity index (χ1v) is 9.18. The third-order valence-corrected chi connectivity index (χ3v) is 5.12. The van der Waals surface area contributed by atoms with Gasteiger partial charge in [0.25, 0.3) is 5.91 Å². The molecule has 0 bridgehead atoms. The number of nitrogens with one attached hydrogen (secondary N) is 2. The lowest BCUT2D eigenvalue weighted by atomic mass is 10.1. The molecule has 1 amide bonds. The number of thioether (sulfide) groups is 1. The van der Waals surface area contributed by atoms with Gasteiger partial charge in [0.05, 0.1) is 11.1 Å². The molecule has 1 fully saturated rings. The smallest absolute Gasteiger partial charge is 0.276 e. The van der Waals surface area contributed by atoms with Gasteiger partial charge in [-0.15, -0.1) is 11.8 Å². The highest BCUT2D eigenvalue weighted by Gasteiger charge is 2.17. The summed E-state index contributed by atoms with van der Waals surface area (Å²) in [6.07, 6.45) is 6.05. The van der Waals surface area contributed by atoms with Crippen molar-refractivity contribution in [2.24, 2.45) is 0 Å². The standard InChI is InChI=1S/C16H19ClN4OS/c1-23-15-5-4-11(9-13(15)17)19-16(22)14-6-8-21(20-14)12-3-2-7-18-10-12/h4-6,8-9,12,18H,2-3,7,10H2,1H3,(H,19,22). The number of amides is 1. The maximum atomic E-state index is 12.3. The number of nitrogens with zero attached hydrogens (tertiary/aromatic N) is 2. The fraction of sp³-hybridized carbons (Fsp3) is 0.375. The van der Waals surface area contributed by atoms with Crippen LogP contribution in [0.15, 0.2) is 35.4 Å². The van der Waals surface area contributed by atoms with E-state index in [2.05, 4.69) is 15.7 Å². The predicted molar refractivity (Wildman–Crippen MR) is 94.6 cm³/mol. The number of anilines is 1. The average molecular weight is 351 g/mol. The molecule has 122 valence electrons. The molecule has 0 saturated carbocycles. The van der Waals surface area contributed by atoms with Crippen LogP contribution in [0.5, 0.6) is 0 Å². The van der Waals surface area contributed by atoms with Gasteiger partial charge in [-0.25, -0.2) is 0 Å². The maximum Gasteiger partial charge on any atom is 0.276 e. The summed E-state index contributed by atoms with van der Waals surface area (Å²) < 4.78 is 1.88. The van der Waals surface area contributed by atoms with Crippen molar-refractivity contribution < 1.29 is 4.79 Å². The monoisotopic (exact) mass is 350 g/mol. The van der Waals surface area contributed by atoms with Gasteiger partial charge >= 0.3 is 0 Å². The van der Waals surface area contributed by atoms with Crippen molar-refractivity contribution in [1.82, 2.24) is 15.1 Å². The Morgan fingerprint density at radius 3 is 3.04 bits per heavy atom. The molecule has 1 aliphatic rings. The summed E-state index contributed by atoms with van der Waals surface area (Å²) in [6.45, 7) is 1.95. The molecule has 1 atom stereocenters. The minimum absolute atomic E-state index is 0.222. The topological polar surface area (TPSA) is 59.0 Å².